The van der Waals surface area contributed by atoms with Crippen LogP contribution in [0, 0.1) is 6.92 Å². The molecule has 0 aliphatic carbocycles. The van der Waals surface area contributed by atoms with Gasteiger partial charge < -0.3 is 9.88 Å². The van der Waals surface area contributed by atoms with Crippen LogP contribution in [0.2, 0.25) is 5.02 Å². The number of nitrogens with one attached hydrogen (secondary N) is 1. The van der Waals surface area contributed by atoms with Crippen LogP contribution in [0.3, 0.4) is 0 Å². The average Bonchev–Trinajstić information content (AvgIpc) is 3.06. The number of hydrogen-bond donors (Lipinski definition) is 1. The van der Waals surface area contributed by atoms with E-state index in [9.17, 15) is 4.79 Å². The van der Waals surface area contributed by atoms with Gasteiger partial charge in [-0.2, -0.15) is 0 Å². The first-order valence-electron chi connectivity index (χ1n) is 7.74. The molecular formula is C19H16ClN3O. The van der Waals surface area contributed by atoms with Crippen molar-refractivity contribution in [1.82, 2.24) is 4.57 Å². The van der Waals surface area contributed by atoms with Gasteiger partial charge in [-0.3, -0.25) is 4.90 Å². The van der Waals surface area contributed by atoms with Gasteiger partial charge in [0.05, 0.1) is 17.9 Å². The van der Waals surface area contributed by atoms with Gasteiger partial charge in [0.15, 0.2) is 0 Å². The summed E-state index contributed by atoms with van der Waals surface area (Å²) >= 11 is 6.15. The lowest BCUT2D eigenvalue weighted by molar-refractivity contribution is 0.256. The van der Waals surface area contributed by atoms with Gasteiger partial charge in [0.1, 0.15) is 0 Å². The summed E-state index contributed by atoms with van der Waals surface area (Å²) in [6.07, 6.45) is 2.02. The zero-order chi connectivity index (χ0) is 16.7. The molecule has 1 aromatic heterocycles. The number of para-hydroxylation sites is 2. The van der Waals surface area contributed by atoms with Gasteiger partial charge in [0.2, 0.25) is 0 Å². The number of nitrogens with zero attached hydrogens (tertiary/aromatic N) is 2. The van der Waals surface area contributed by atoms with Crippen molar-refractivity contribution in [2.45, 2.75) is 13.5 Å². The highest BCUT2D eigenvalue weighted by atomic mass is 35.5. The van der Waals surface area contributed by atoms with Crippen molar-refractivity contribution in [1.29, 1.82) is 0 Å². The molecule has 0 saturated carbocycles. The Morgan fingerprint density at radius 1 is 1.08 bits per heavy atom. The van der Waals surface area contributed by atoms with Crippen LogP contribution in [0.5, 0.6) is 0 Å². The van der Waals surface area contributed by atoms with E-state index < -0.39 is 0 Å². The molecule has 3 aromatic rings. The number of halogens is 1. The molecule has 0 spiro atoms. The van der Waals surface area contributed by atoms with E-state index >= 15 is 0 Å². The molecular weight excluding hydrogens is 322 g/mol. The lowest BCUT2D eigenvalue weighted by Crippen LogP contribution is -2.38. The van der Waals surface area contributed by atoms with Gasteiger partial charge in [-0.1, -0.05) is 29.8 Å². The summed E-state index contributed by atoms with van der Waals surface area (Å²) in [6, 6.07) is 17.3. The smallest absolute Gasteiger partial charge is 0.317 e. The molecule has 0 unspecified atom stereocenters. The van der Waals surface area contributed by atoms with Gasteiger partial charge in [0.25, 0.3) is 0 Å². The van der Waals surface area contributed by atoms with Gasteiger partial charge >= 0.3 is 6.03 Å². The highest BCUT2D eigenvalue weighted by molar-refractivity contribution is 6.31. The molecule has 2 amide bonds. The first kappa shape index (κ1) is 14.8. The molecule has 24 heavy (non-hydrogen) atoms. The number of aromatic nitrogens is 1. The van der Waals surface area contributed by atoms with Crippen molar-refractivity contribution in [2.24, 2.45) is 0 Å². The normalized spacial score (nSPS) is 12.5. The van der Waals surface area contributed by atoms with E-state index in [1.54, 1.807) is 11.0 Å². The number of hydrogen-bond acceptors (Lipinski definition) is 1. The van der Waals surface area contributed by atoms with Gasteiger partial charge in [0, 0.05) is 22.6 Å². The van der Waals surface area contributed by atoms with Crippen LogP contribution >= 0.6 is 11.6 Å². The van der Waals surface area contributed by atoms with E-state index in [2.05, 4.69) is 9.88 Å². The largest absolute Gasteiger partial charge is 0.326 e. The minimum atomic E-state index is -0.171. The molecule has 0 radical (unpaired) electrons. The maximum absolute atomic E-state index is 12.8. The highest BCUT2D eigenvalue weighted by Crippen LogP contribution is 2.32. The van der Waals surface area contributed by atoms with Gasteiger partial charge in [-0.25, -0.2) is 4.79 Å². The Morgan fingerprint density at radius 2 is 1.88 bits per heavy atom. The summed E-state index contributed by atoms with van der Waals surface area (Å²) in [4.78, 5) is 14.6. The lowest BCUT2D eigenvalue weighted by Gasteiger charge is -2.31. The monoisotopic (exact) mass is 337 g/mol. The Balaban J connectivity index is 1.67. The van der Waals surface area contributed by atoms with E-state index in [-0.39, 0.29) is 6.03 Å². The Hall–Kier alpha value is -2.72. The maximum Gasteiger partial charge on any atom is 0.326 e. The van der Waals surface area contributed by atoms with E-state index in [4.69, 9.17) is 11.6 Å². The molecule has 5 heteroatoms. The number of benzene rings is 2. The predicted molar refractivity (Wildman–Crippen MR) is 97.2 cm³/mol. The molecule has 4 rings (SSSR count). The van der Waals surface area contributed by atoms with E-state index in [1.165, 1.54) is 0 Å². The summed E-state index contributed by atoms with van der Waals surface area (Å²) in [6.45, 7) is 2.46. The number of carbonyl (C=O) groups is 1. The Bertz CT molecular complexity index is 932. The maximum atomic E-state index is 12.8. The zero-order valence-corrected chi connectivity index (χ0v) is 13.9. The van der Waals surface area contributed by atoms with Gasteiger partial charge in [-0.15, -0.1) is 0 Å². The Labute approximate surface area is 145 Å². The Morgan fingerprint density at radius 3 is 2.67 bits per heavy atom. The van der Waals surface area contributed by atoms with Crippen molar-refractivity contribution in [2.75, 3.05) is 10.2 Å². The number of fused-ring (bicyclic) bond motifs is 3. The van der Waals surface area contributed by atoms with Crippen molar-refractivity contribution in [3.8, 4) is 5.69 Å². The highest BCUT2D eigenvalue weighted by Gasteiger charge is 2.25. The molecule has 0 atom stereocenters. The standard InChI is InChI=1S/C19H16ClN3O/c1-13-8-9-14(11-16(13)20)21-19(24)23-12-15-5-4-10-22(15)17-6-2-3-7-18(17)23/h2-11H,12H2,1H3,(H,21,24). The fourth-order valence-electron chi connectivity index (χ4n) is 2.97. The topological polar surface area (TPSA) is 37.3 Å². The molecule has 0 bridgehead atoms. The van der Waals surface area contributed by atoms with Crippen molar-refractivity contribution in [3.63, 3.8) is 0 Å². The molecule has 4 nitrogen and oxygen atoms in total. The number of amides is 2. The van der Waals surface area contributed by atoms with Crippen LogP contribution in [0.1, 0.15) is 11.3 Å². The third kappa shape index (κ3) is 2.45. The van der Waals surface area contributed by atoms with Crippen LogP contribution in [0.25, 0.3) is 5.69 Å². The molecule has 1 aliphatic rings. The average molecular weight is 338 g/mol. The van der Waals surface area contributed by atoms with Crippen molar-refractivity contribution >= 4 is 29.0 Å². The van der Waals surface area contributed by atoms with E-state index in [0.717, 1.165) is 22.6 Å². The van der Waals surface area contributed by atoms with Crippen LogP contribution < -0.4 is 10.2 Å². The second-order valence-corrected chi connectivity index (χ2v) is 6.25. The summed E-state index contributed by atoms with van der Waals surface area (Å²) < 4.78 is 2.11. The van der Waals surface area contributed by atoms with Crippen LogP contribution in [-0.2, 0) is 6.54 Å². The minimum absolute atomic E-state index is 0.171. The van der Waals surface area contributed by atoms with Crippen molar-refractivity contribution < 1.29 is 4.79 Å². The lowest BCUT2D eigenvalue weighted by atomic mass is 10.2. The van der Waals surface area contributed by atoms with Crippen LogP contribution in [0.4, 0.5) is 16.2 Å². The summed E-state index contributed by atoms with van der Waals surface area (Å²) in [5.41, 5.74) is 4.63. The second-order valence-electron chi connectivity index (χ2n) is 5.84. The third-order valence-corrected chi connectivity index (χ3v) is 4.66. The van der Waals surface area contributed by atoms with E-state index in [1.807, 2.05) is 61.7 Å². The number of aryl methyl sites for hydroxylation is 1. The SMILES string of the molecule is Cc1ccc(NC(=O)N2Cc3cccn3-c3ccccc32)cc1Cl. The molecule has 2 aromatic carbocycles. The summed E-state index contributed by atoms with van der Waals surface area (Å²) in [7, 11) is 0. The number of urea groups is 1. The summed E-state index contributed by atoms with van der Waals surface area (Å²) in [5.74, 6) is 0. The molecule has 1 aliphatic heterocycles. The number of rotatable bonds is 1. The summed E-state index contributed by atoms with van der Waals surface area (Å²) in [5, 5.41) is 3.58. The quantitative estimate of drug-likeness (QED) is 0.667. The van der Waals surface area contributed by atoms with Crippen LogP contribution in [-0.4, -0.2) is 10.6 Å². The van der Waals surface area contributed by atoms with Crippen molar-refractivity contribution in [3.05, 3.63) is 77.1 Å². The first-order chi connectivity index (χ1) is 11.6. The fourth-order valence-corrected chi connectivity index (χ4v) is 3.15. The predicted octanol–water partition coefficient (Wildman–Crippen LogP) is 4.99. The molecule has 0 fully saturated rings. The minimum Gasteiger partial charge on any atom is -0.317 e. The first-order valence-corrected chi connectivity index (χ1v) is 8.11. The molecule has 1 N–H and O–H groups in total. The number of carbonyl (C=O) groups excluding carboxylic acids is 1. The molecule has 0 saturated heterocycles. The number of anilines is 2. The zero-order valence-electron chi connectivity index (χ0n) is 13.2. The second kappa shape index (κ2) is 5.73. The van der Waals surface area contributed by atoms with Crippen LogP contribution in [0.15, 0.2) is 60.8 Å². The Kier molecular flexibility index (Phi) is 3.54. The van der Waals surface area contributed by atoms with E-state index in [0.29, 0.717) is 17.3 Å². The van der Waals surface area contributed by atoms with Gasteiger partial charge in [-0.05, 0) is 48.9 Å². The fraction of sp³-hybridized carbons (Fsp3) is 0.105. The molecule has 120 valence electrons. The molecule has 2 heterocycles. The third-order valence-electron chi connectivity index (χ3n) is 4.25.